The highest BCUT2D eigenvalue weighted by Crippen LogP contribution is 2.18. The smallest absolute Gasteiger partial charge is 0.255 e. The number of hydrogen-bond donors (Lipinski definition) is 2. The molecule has 27 heavy (non-hydrogen) atoms. The van der Waals surface area contributed by atoms with Crippen LogP contribution in [0.4, 0.5) is 11.5 Å². The highest BCUT2D eigenvalue weighted by molar-refractivity contribution is 6.04. The lowest BCUT2D eigenvalue weighted by molar-refractivity contribution is 0.102. The van der Waals surface area contributed by atoms with Gasteiger partial charge >= 0.3 is 0 Å². The minimum absolute atomic E-state index is 0.138. The summed E-state index contributed by atoms with van der Waals surface area (Å²) in [4.78, 5) is 16.8. The van der Waals surface area contributed by atoms with Crippen molar-refractivity contribution < 1.29 is 4.79 Å². The van der Waals surface area contributed by atoms with Crippen molar-refractivity contribution in [1.82, 2.24) is 4.98 Å². The number of carbonyl (C=O) groups excluding carboxylic acids is 1. The first-order valence-corrected chi connectivity index (χ1v) is 9.27. The first kappa shape index (κ1) is 18.6. The van der Waals surface area contributed by atoms with Gasteiger partial charge in [-0.15, -0.1) is 0 Å². The van der Waals surface area contributed by atoms with Gasteiger partial charge in [-0.25, -0.2) is 4.98 Å². The Kier molecular flexibility index (Phi) is 6.21. The summed E-state index contributed by atoms with van der Waals surface area (Å²) in [6.07, 6.45) is 2.56. The molecule has 1 heterocycles. The minimum atomic E-state index is -0.138. The predicted octanol–water partition coefficient (Wildman–Crippen LogP) is 5.11. The summed E-state index contributed by atoms with van der Waals surface area (Å²) in [6, 6.07) is 21.7. The Morgan fingerprint density at radius 3 is 2.44 bits per heavy atom. The van der Waals surface area contributed by atoms with E-state index in [4.69, 9.17) is 0 Å². The van der Waals surface area contributed by atoms with Gasteiger partial charge in [-0.1, -0.05) is 56.3 Å². The van der Waals surface area contributed by atoms with Crippen LogP contribution in [0.3, 0.4) is 0 Å². The van der Waals surface area contributed by atoms with Crippen molar-refractivity contribution in [2.45, 2.75) is 26.2 Å². The van der Waals surface area contributed by atoms with Crippen LogP contribution in [0.25, 0.3) is 0 Å². The van der Waals surface area contributed by atoms with E-state index in [-0.39, 0.29) is 5.91 Å². The van der Waals surface area contributed by atoms with Gasteiger partial charge in [0.25, 0.3) is 5.91 Å². The summed E-state index contributed by atoms with van der Waals surface area (Å²) < 4.78 is 0. The zero-order chi connectivity index (χ0) is 19.1. The number of anilines is 2. The predicted molar refractivity (Wildman–Crippen MR) is 111 cm³/mol. The van der Waals surface area contributed by atoms with Crippen molar-refractivity contribution >= 4 is 17.4 Å². The van der Waals surface area contributed by atoms with Crippen LogP contribution >= 0.6 is 0 Å². The van der Waals surface area contributed by atoms with Crippen LogP contribution in [0.1, 0.15) is 41.3 Å². The lowest BCUT2D eigenvalue weighted by atomic mass is 10.0. The molecule has 2 N–H and O–H groups in total. The molecule has 0 unspecified atom stereocenters. The topological polar surface area (TPSA) is 54.0 Å². The number of hydrogen-bond acceptors (Lipinski definition) is 3. The van der Waals surface area contributed by atoms with Crippen molar-refractivity contribution in [2.24, 2.45) is 0 Å². The Balaban J connectivity index is 1.58. The molecule has 3 aromatic rings. The number of carbonyl (C=O) groups is 1. The van der Waals surface area contributed by atoms with Gasteiger partial charge in [-0.05, 0) is 47.7 Å². The molecule has 3 rings (SSSR count). The summed E-state index contributed by atoms with van der Waals surface area (Å²) in [6.45, 7) is 5.06. The number of nitrogens with one attached hydrogen (secondary N) is 2. The van der Waals surface area contributed by atoms with Gasteiger partial charge < -0.3 is 10.6 Å². The molecule has 0 radical (unpaired) electrons. The van der Waals surface area contributed by atoms with E-state index >= 15 is 0 Å². The lowest BCUT2D eigenvalue weighted by Crippen LogP contribution is -2.13. The second-order valence-electron chi connectivity index (χ2n) is 6.82. The van der Waals surface area contributed by atoms with E-state index in [0.29, 0.717) is 17.3 Å². The highest BCUT2D eigenvalue weighted by Gasteiger charge is 2.08. The zero-order valence-corrected chi connectivity index (χ0v) is 15.8. The molecule has 0 fully saturated rings. The largest absolute Gasteiger partial charge is 0.370 e. The van der Waals surface area contributed by atoms with Gasteiger partial charge in [0.1, 0.15) is 5.82 Å². The standard InChI is InChI=1S/C23H25N3O/c1-17(2)19-8-10-21(11-9-19)26-23(27)20-13-15-25-22(16-20)24-14-12-18-6-4-3-5-7-18/h3-11,13,15-17H,12,14H2,1-2H3,(H,24,25)(H,26,27). The average molecular weight is 359 g/mol. The molecule has 4 nitrogen and oxygen atoms in total. The Labute approximate surface area is 160 Å². The Morgan fingerprint density at radius 2 is 1.74 bits per heavy atom. The van der Waals surface area contributed by atoms with Crippen LogP contribution in [-0.4, -0.2) is 17.4 Å². The maximum atomic E-state index is 12.5. The minimum Gasteiger partial charge on any atom is -0.370 e. The number of nitrogens with zero attached hydrogens (tertiary/aromatic N) is 1. The van der Waals surface area contributed by atoms with E-state index in [1.54, 1.807) is 18.3 Å². The van der Waals surface area contributed by atoms with E-state index in [0.717, 1.165) is 18.7 Å². The third-order valence-electron chi connectivity index (χ3n) is 4.42. The molecule has 2 aromatic carbocycles. The Bertz CT molecular complexity index is 874. The Hall–Kier alpha value is -3.14. The summed E-state index contributed by atoms with van der Waals surface area (Å²) >= 11 is 0. The van der Waals surface area contributed by atoms with Crippen LogP contribution in [0, 0.1) is 0 Å². The molecule has 0 aliphatic carbocycles. The molecule has 0 bridgehead atoms. The summed E-state index contributed by atoms with van der Waals surface area (Å²) in [5.41, 5.74) is 3.89. The molecule has 138 valence electrons. The highest BCUT2D eigenvalue weighted by atomic mass is 16.1. The molecule has 4 heteroatoms. The molecule has 1 amide bonds. The molecule has 0 saturated heterocycles. The number of benzene rings is 2. The summed E-state index contributed by atoms with van der Waals surface area (Å²) in [5, 5.41) is 6.22. The first-order chi connectivity index (χ1) is 13.1. The first-order valence-electron chi connectivity index (χ1n) is 9.27. The molecule has 0 saturated carbocycles. The number of rotatable bonds is 7. The van der Waals surface area contributed by atoms with E-state index in [1.165, 1.54) is 11.1 Å². The van der Waals surface area contributed by atoms with Crippen molar-refractivity contribution in [1.29, 1.82) is 0 Å². The maximum Gasteiger partial charge on any atom is 0.255 e. The third-order valence-corrected chi connectivity index (χ3v) is 4.42. The van der Waals surface area contributed by atoms with Crippen LogP contribution in [0.15, 0.2) is 72.9 Å². The second kappa shape index (κ2) is 8.99. The molecule has 1 aromatic heterocycles. The number of pyridine rings is 1. The molecule has 0 aliphatic rings. The molecule has 0 atom stereocenters. The second-order valence-corrected chi connectivity index (χ2v) is 6.82. The van der Waals surface area contributed by atoms with Crippen molar-refractivity contribution in [2.75, 3.05) is 17.2 Å². The SMILES string of the molecule is CC(C)c1ccc(NC(=O)c2ccnc(NCCc3ccccc3)c2)cc1. The summed E-state index contributed by atoms with van der Waals surface area (Å²) in [5.74, 6) is 1.04. The molecule has 0 aliphatic heterocycles. The number of aromatic nitrogens is 1. The Morgan fingerprint density at radius 1 is 1.00 bits per heavy atom. The van der Waals surface area contributed by atoms with Gasteiger partial charge in [-0.3, -0.25) is 4.79 Å². The number of amides is 1. The molecular formula is C23H25N3O. The van der Waals surface area contributed by atoms with Crippen LogP contribution < -0.4 is 10.6 Å². The third kappa shape index (κ3) is 5.42. The van der Waals surface area contributed by atoms with Crippen molar-refractivity contribution in [3.63, 3.8) is 0 Å². The van der Waals surface area contributed by atoms with Crippen LogP contribution in [-0.2, 0) is 6.42 Å². The van der Waals surface area contributed by atoms with Crippen LogP contribution in [0.2, 0.25) is 0 Å². The van der Waals surface area contributed by atoms with Crippen LogP contribution in [0.5, 0.6) is 0 Å². The van der Waals surface area contributed by atoms with E-state index < -0.39 is 0 Å². The van der Waals surface area contributed by atoms with Gasteiger partial charge in [0, 0.05) is 24.0 Å². The normalized spacial score (nSPS) is 10.6. The zero-order valence-electron chi connectivity index (χ0n) is 15.8. The monoisotopic (exact) mass is 359 g/mol. The van der Waals surface area contributed by atoms with E-state index in [1.807, 2.05) is 42.5 Å². The lowest BCUT2D eigenvalue weighted by Gasteiger charge is -2.10. The quantitative estimate of drug-likeness (QED) is 0.616. The fourth-order valence-electron chi connectivity index (χ4n) is 2.80. The van der Waals surface area contributed by atoms with E-state index in [9.17, 15) is 4.79 Å². The molecule has 0 spiro atoms. The van der Waals surface area contributed by atoms with Crippen molar-refractivity contribution in [3.8, 4) is 0 Å². The van der Waals surface area contributed by atoms with Gasteiger partial charge in [0.15, 0.2) is 0 Å². The molecular weight excluding hydrogens is 334 g/mol. The van der Waals surface area contributed by atoms with E-state index in [2.05, 4.69) is 41.6 Å². The van der Waals surface area contributed by atoms with Gasteiger partial charge in [0.05, 0.1) is 0 Å². The summed E-state index contributed by atoms with van der Waals surface area (Å²) in [7, 11) is 0. The van der Waals surface area contributed by atoms with Crippen molar-refractivity contribution in [3.05, 3.63) is 89.6 Å². The fraction of sp³-hybridized carbons (Fsp3) is 0.217. The average Bonchev–Trinajstić information content (AvgIpc) is 2.69. The fourth-order valence-corrected chi connectivity index (χ4v) is 2.80. The van der Waals surface area contributed by atoms with Gasteiger partial charge in [0.2, 0.25) is 0 Å². The van der Waals surface area contributed by atoms with Gasteiger partial charge in [-0.2, -0.15) is 0 Å². The maximum absolute atomic E-state index is 12.5.